The van der Waals surface area contributed by atoms with Crippen LogP contribution in [0.15, 0.2) is 0 Å². The molecule has 2 aliphatic rings. The summed E-state index contributed by atoms with van der Waals surface area (Å²) in [6.45, 7) is 0. The van der Waals surface area contributed by atoms with Gasteiger partial charge < -0.3 is 9.84 Å². The molecule has 0 spiro atoms. The highest BCUT2D eigenvalue weighted by atomic mass is 16.5. The van der Waals surface area contributed by atoms with Crippen molar-refractivity contribution in [1.29, 1.82) is 0 Å². The van der Waals surface area contributed by atoms with Crippen LogP contribution in [-0.2, 0) is 9.53 Å². The van der Waals surface area contributed by atoms with Crippen LogP contribution in [-0.4, -0.2) is 24.3 Å². The molecule has 0 amide bonds. The van der Waals surface area contributed by atoms with E-state index in [2.05, 4.69) is 4.74 Å². The molecule has 0 heterocycles. The van der Waals surface area contributed by atoms with E-state index in [1.54, 1.807) is 0 Å². The smallest absolute Gasteiger partial charge is 0.335 e. The van der Waals surface area contributed by atoms with E-state index in [1.807, 2.05) is 0 Å². The second-order valence-corrected chi connectivity index (χ2v) is 4.64. The minimum Gasteiger partial charge on any atom is -0.467 e. The van der Waals surface area contributed by atoms with Crippen LogP contribution >= 0.6 is 0 Å². The molecule has 0 aromatic heterocycles. The summed E-state index contributed by atoms with van der Waals surface area (Å²) < 4.78 is 4.61. The van der Waals surface area contributed by atoms with Gasteiger partial charge >= 0.3 is 5.97 Å². The van der Waals surface area contributed by atoms with Crippen molar-refractivity contribution < 1.29 is 14.6 Å². The number of aliphatic hydroxyl groups excluding tert-OH is 1. The Kier molecular flexibility index (Phi) is 2.52. The van der Waals surface area contributed by atoms with Crippen molar-refractivity contribution in [1.82, 2.24) is 0 Å². The third-order valence-electron chi connectivity index (χ3n) is 3.96. The summed E-state index contributed by atoms with van der Waals surface area (Å²) in [4.78, 5) is 11.3. The Labute approximate surface area is 84.4 Å². The van der Waals surface area contributed by atoms with Crippen LogP contribution in [0.25, 0.3) is 0 Å². The van der Waals surface area contributed by atoms with Crippen molar-refractivity contribution in [2.24, 2.45) is 11.3 Å². The SMILES string of the molecule is COC(=O)C(O)C1(C2CCCC2)CC1. The van der Waals surface area contributed by atoms with Crippen LogP contribution in [0.5, 0.6) is 0 Å². The number of carbonyl (C=O) groups excluding carboxylic acids is 1. The van der Waals surface area contributed by atoms with Gasteiger partial charge in [-0.25, -0.2) is 4.79 Å². The van der Waals surface area contributed by atoms with Crippen molar-refractivity contribution in [3.63, 3.8) is 0 Å². The third kappa shape index (κ3) is 1.44. The zero-order chi connectivity index (χ0) is 10.2. The Hall–Kier alpha value is -0.570. The van der Waals surface area contributed by atoms with Crippen LogP contribution in [0.2, 0.25) is 0 Å². The first kappa shape index (κ1) is 9.97. The molecule has 2 fully saturated rings. The van der Waals surface area contributed by atoms with Gasteiger partial charge in [0, 0.05) is 5.41 Å². The highest BCUT2D eigenvalue weighted by Crippen LogP contribution is 2.59. The molecule has 1 atom stereocenters. The normalized spacial score (nSPS) is 27.3. The third-order valence-corrected chi connectivity index (χ3v) is 3.96. The molecule has 2 aliphatic carbocycles. The Bertz CT molecular complexity index is 227. The van der Waals surface area contributed by atoms with Crippen molar-refractivity contribution >= 4 is 5.97 Å². The van der Waals surface area contributed by atoms with E-state index in [0.29, 0.717) is 5.92 Å². The minimum absolute atomic E-state index is 0.108. The Morgan fingerprint density at radius 3 is 2.43 bits per heavy atom. The number of rotatable bonds is 3. The van der Waals surface area contributed by atoms with Crippen molar-refractivity contribution in [3.8, 4) is 0 Å². The zero-order valence-electron chi connectivity index (χ0n) is 8.66. The maximum absolute atomic E-state index is 11.3. The van der Waals surface area contributed by atoms with Crippen LogP contribution in [0.4, 0.5) is 0 Å². The topological polar surface area (TPSA) is 46.5 Å². The van der Waals surface area contributed by atoms with Crippen LogP contribution in [0.3, 0.4) is 0 Å². The number of aliphatic hydroxyl groups is 1. The molecular formula is C11H18O3. The molecule has 3 nitrogen and oxygen atoms in total. The minimum atomic E-state index is -0.879. The highest BCUT2D eigenvalue weighted by molar-refractivity contribution is 5.76. The number of hydrogen-bond donors (Lipinski definition) is 1. The molecule has 0 aromatic carbocycles. The van der Waals surface area contributed by atoms with Gasteiger partial charge in [-0.2, -0.15) is 0 Å². The second-order valence-electron chi connectivity index (χ2n) is 4.64. The van der Waals surface area contributed by atoms with Gasteiger partial charge in [-0.15, -0.1) is 0 Å². The first-order chi connectivity index (χ1) is 6.70. The molecule has 2 saturated carbocycles. The maximum Gasteiger partial charge on any atom is 0.335 e. The molecule has 1 unspecified atom stereocenters. The van der Waals surface area contributed by atoms with Crippen LogP contribution in [0.1, 0.15) is 38.5 Å². The molecular weight excluding hydrogens is 180 g/mol. The molecule has 0 bridgehead atoms. The fraction of sp³-hybridized carbons (Fsp3) is 0.909. The molecule has 80 valence electrons. The number of carbonyl (C=O) groups is 1. The number of ether oxygens (including phenoxy) is 1. The van der Waals surface area contributed by atoms with E-state index in [9.17, 15) is 9.90 Å². The first-order valence-corrected chi connectivity index (χ1v) is 5.46. The van der Waals surface area contributed by atoms with Gasteiger partial charge in [-0.05, 0) is 31.6 Å². The Morgan fingerprint density at radius 2 is 2.00 bits per heavy atom. The fourth-order valence-corrected chi connectivity index (χ4v) is 2.90. The van der Waals surface area contributed by atoms with Gasteiger partial charge in [-0.3, -0.25) is 0 Å². The Balaban J connectivity index is 2.04. The van der Waals surface area contributed by atoms with E-state index in [1.165, 1.54) is 32.8 Å². The molecule has 0 radical (unpaired) electrons. The average Bonchev–Trinajstić information content (AvgIpc) is 2.84. The van der Waals surface area contributed by atoms with E-state index in [4.69, 9.17) is 0 Å². The number of esters is 1. The van der Waals surface area contributed by atoms with Crippen molar-refractivity contribution in [2.45, 2.75) is 44.6 Å². The van der Waals surface area contributed by atoms with E-state index in [0.717, 1.165) is 12.8 Å². The van der Waals surface area contributed by atoms with Gasteiger partial charge in [-0.1, -0.05) is 12.8 Å². The number of methoxy groups -OCH3 is 1. The van der Waals surface area contributed by atoms with Gasteiger partial charge in [0.2, 0.25) is 0 Å². The lowest BCUT2D eigenvalue weighted by atomic mass is 9.83. The summed E-state index contributed by atoms with van der Waals surface area (Å²) in [5, 5.41) is 9.89. The molecule has 0 aromatic rings. The lowest BCUT2D eigenvalue weighted by Crippen LogP contribution is -2.36. The van der Waals surface area contributed by atoms with Crippen molar-refractivity contribution in [3.05, 3.63) is 0 Å². The van der Waals surface area contributed by atoms with E-state index in [-0.39, 0.29) is 5.41 Å². The van der Waals surface area contributed by atoms with Gasteiger partial charge in [0.1, 0.15) is 0 Å². The highest BCUT2D eigenvalue weighted by Gasteiger charge is 2.57. The Morgan fingerprint density at radius 1 is 1.43 bits per heavy atom. The van der Waals surface area contributed by atoms with Crippen LogP contribution in [0, 0.1) is 11.3 Å². The summed E-state index contributed by atoms with van der Waals surface area (Å²) in [6.07, 6.45) is 5.96. The first-order valence-electron chi connectivity index (χ1n) is 5.46. The van der Waals surface area contributed by atoms with E-state index < -0.39 is 12.1 Å². The predicted molar refractivity (Wildman–Crippen MR) is 51.6 cm³/mol. The number of hydrogen-bond acceptors (Lipinski definition) is 3. The van der Waals surface area contributed by atoms with Crippen LogP contribution < -0.4 is 0 Å². The predicted octanol–water partition coefficient (Wildman–Crippen LogP) is 1.49. The van der Waals surface area contributed by atoms with E-state index >= 15 is 0 Å². The van der Waals surface area contributed by atoms with Gasteiger partial charge in [0.25, 0.3) is 0 Å². The van der Waals surface area contributed by atoms with Gasteiger partial charge in [0.15, 0.2) is 6.10 Å². The maximum atomic E-state index is 11.3. The quantitative estimate of drug-likeness (QED) is 0.699. The standard InChI is InChI=1S/C11H18O3/c1-14-10(13)9(12)11(6-7-11)8-4-2-3-5-8/h8-9,12H,2-7H2,1H3. The largest absolute Gasteiger partial charge is 0.467 e. The van der Waals surface area contributed by atoms with Gasteiger partial charge in [0.05, 0.1) is 7.11 Å². The summed E-state index contributed by atoms with van der Waals surface area (Å²) >= 11 is 0. The summed E-state index contributed by atoms with van der Waals surface area (Å²) in [7, 11) is 1.34. The molecule has 1 N–H and O–H groups in total. The summed E-state index contributed by atoms with van der Waals surface area (Å²) in [5.74, 6) is 0.103. The lowest BCUT2D eigenvalue weighted by molar-refractivity contribution is -0.156. The summed E-state index contributed by atoms with van der Waals surface area (Å²) in [5.41, 5.74) is -0.108. The molecule has 2 rings (SSSR count). The second kappa shape index (κ2) is 3.54. The molecule has 3 heteroatoms. The molecule has 14 heavy (non-hydrogen) atoms. The van der Waals surface area contributed by atoms with Crippen molar-refractivity contribution in [2.75, 3.05) is 7.11 Å². The zero-order valence-corrected chi connectivity index (χ0v) is 8.66. The molecule has 0 saturated heterocycles. The monoisotopic (exact) mass is 198 g/mol. The molecule has 0 aliphatic heterocycles. The average molecular weight is 198 g/mol. The fourth-order valence-electron chi connectivity index (χ4n) is 2.90. The summed E-state index contributed by atoms with van der Waals surface area (Å²) in [6, 6.07) is 0. The lowest BCUT2D eigenvalue weighted by Gasteiger charge is -2.26.